The Morgan fingerprint density at radius 2 is 2.03 bits per heavy atom. The largest absolute Gasteiger partial charge is 0.472 e. The van der Waals surface area contributed by atoms with Crippen LogP contribution in [-0.4, -0.2) is 95.7 Å². The lowest BCUT2D eigenvalue weighted by Gasteiger charge is -2.38. The van der Waals surface area contributed by atoms with E-state index in [0.29, 0.717) is 30.1 Å². The van der Waals surface area contributed by atoms with Crippen LogP contribution in [0.15, 0.2) is 12.3 Å². The molecule has 1 fully saturated rings. The van der Waals surface area contributed by atoms with Gasteiger partial charge in [0.05, 0.1) is 12.6 Å². The standard InChI is InChI=1S/C25H37N3O5/c1-17-13-28(18(2)16-29)25(31)22-11-21(6-5-19(3)30)12-26-24(22)33-23(17)15-27(4)14-20-7-9-32-10-8-20/h11-12,17-20,23,29-30H,7-10,13-16H2,1-4H3/t17-,18-,19-,23+/m0/s1. The first kappa shape index (κ1) is 25.4. The molecule has 8 heteroatoms. The van der Waals surface area contributed by atoms with E-state index in [1.54, 1.807) is 24.1 Å². The zero-order valence-electron chi connectivity index (χ0n) is 20.2. The summed E-state index contributed by atoms with van der Waals surface area (Å²) >= 11 is 0. The summed E-state index contributed by atoms with van der Waals surface area (Å²) < 4.78 is 11.8. The van der Waals surface area contributed by atoms with E-state index < -0.39 is 6.10 Å². The van der Waals surface area contributed by atoms with E-state index in [0.717, 1.165) is 32.6 Å². The second kappa shape index (κ2) is 11.8. The minimum Gasteiger partial charge on any atom is -0.472 e. The van der Waals surface area contributed by atoms with Crippen LogP contribution in [0.4, 0.5) is 0 Å². The summed E-state index contributed by atoms with van der Waals surface area (Å²) in [6, 6.07) is 1.33. The van der Waals surface area contributed by atoms with Crippen LogP contribution in [0.5, 0.6) is 5.88 Å². The predicted molar refractivity (Wildman–Crippen MR) is 125 cm³/mol. The average molecular weight is 460 g/mol. The molecular formula is C25H37N3O5. The van der Waals surface area contributed by atoms with Gasteiger partial charge < -0.3 is 29.5 Å². The van der Waals surface area contributed by atoms with Crippen molar-refractivity contribution in [3.8, 4) is 17.7 Å². The van der Waals surface area contributed by atoms with Crippen LogP contribution in [-0.2, 0) is 4.74 Å². The van der Waals surface area contributed by atoms with Crippen LogP contribution >= 0.6 is 0 Å². The van der Waals surface area contributed by atoms with Crippen molar-refractivity contribution in [1.82, 2.24) is 14.8 Å². The Morgan fingerprint density at radius 1 is 1.30 bits per heavy atom. The van der Waals surface area contributed by atoms with E-state index >= 15 is 0 Å². The molecule has 0 spiro atoms. The molecule has 0 saturated carbocycles. The lowest BCUT2D eigenvalue weighted by atomic mass is 9.97. The topological polar surface area (TPSA) is 95.4 Å². The fourth-order valence-corrected chi connectivity index (χ4v) is 4.33. The van der Waals surface area contributed by atoms with Gasteiger partial charge in [-0.2, -0.15) is 0 Å². The maximum absolute atomic E-state index is 13.4. The van der Waals surface area contributed by atoms with Crippen LogP contribution in [0, 0.1) is 23.7 Å². The highest BCUT2D eigenvalue weighted by Crippen LogP contribution is 2.27. The molecule has 2 aliphatic heterocycles. The summed E-state index contributed by atoms with van der Waals surface area (Å²) in [5, 5.41) is 19.3. The number of amides is 1. The van der Waals surface area contributed by atoms with Gasteiger partial charge in [0.1, 0.15) is 17.8 Å². The number of carbonyl (C=O) groups is 1. The van der Waals surface area contributed by atoms with E-state index in [4.69, 9.17) is 9.47 Å². The predicted octanol–water partition coefficient (Wildman–Crippen LogP) is 1.39. The molecule has 33 heavy (non-hydrogen) atoms. The van der Waals surface area contributed by atoms with E-state index in [-0.39, 0.29) is 36.5 Å². The molecule has 1 aromatic heterocycles. The van der Waals surface area contributed by atoms with Gasteiger partial charge in [0.25, 0.3) is 5.91 Å². The van der Waals surface area contributed by atoms with Crippen LogP contribution in [0.2, 0.25) is 0 Å². The lowest BCUT2D eigenvalue weighted by molar-refractivity contribution is 0.0254. The van der Waals surface area contributed by atoms with Crippen LogP contribution in [0.1, 0.15) is 49.5 Å². The van der Waals surface area contributed by atoms with Crippen molar-refractivity contribution in [3.05, 3.63) is 23.4 Å². The molecule has 182 valence electrons. The number of likely N-dealkylation sites (N-methyl/N-ethyl adjacent to an activating group) is 1. The Kier molecular flexibility index (Phi) is 9.10. The molecule has 0 aromatic carbocycles. The number of aliphatic hydroxyl groups is 2. The van der Waals surface area contributed by atoms with Crippen molar-refractivity contribution >= 4 is 5.91 Å². The number of hydrogen-bond acceptors (Lipinski definition) is 7. The molecule has 3 heterocycles. The Balaban J connectivity index is 1.86. The first-order valence-corrected chi connectivity index (χ1v) is 11.8. The Hall–Kier alpha value is -2.18. The Bertz CT molecular complexity index is 859. The molecule has 4 atom stereocenters. The third-order valence-electron chi connectivity index (χ3n) is 6.35. The fraction of sp³-hybridized carbons (Fsp3) is 0.680. The van der Waals surface area contributed by atoms with Crippen LogP contribution < -0.4 is 4.74 Å². The number of rotatable bonds is 6. The number of aromatic nitrogens is 1. The summed E-state index contributed by atoms with van der Waals surface area (Å²) in [5.74, 6) is 6.24. The van der Waals surface area contributed by atoms with Gasteiger partial charge in [-0.25, -0.2) is 4.98 Å². The molecule has 2 N–H and O–H groups in total. The van der Waals surface area contributed by atoms with Crippen molar-refractivity contribution < 1.29 is 24.5 Å². The second-order valence-electron chi connectivity index (χ2n) is 9.42. The third-order valence-corrected chi connectivity index (χ3v) is 6.35. The highest BCUT2D eigenvalue weighted by atomic mass is 16.5. The van der Waals surface area contributed by atoms with Crippen molar-refractivity contribution in [2.24, 2.45) is 11.8 Å². The minimum atomic E-state index is -0.777. The molecule has 1 amide bonds. The molecule has 0 unspecified atom stereocenters. The van der Waals surface area contributed by atoms with Crippen molar-refractivity contribution in [2.45, 2.75) is 51.9 Å². The average Bonchev–Trinajstić information content (AvgIpc) is 2.80. The number of aliphatic hydroxyl groups excluding tert-OH is 2. The molecular weight excluding hydrogens is 422 g/mol. The summed E-state index contributed by atoms with van der Waals surface area (Å²) in [6.45, 7) is 9.16. The van der Waals surface area contributed by atoms with Gasteiger partial charge in [0.15, 0.2) is 0 Å². The van der Waals surface area contributed by atoms with Gasteiger partial charge in [0, 0.05) is 50.5 Å². The SMILES string of the molecule is C[C@H](O)C#Cc1cnc2c(c1)C(=O)N([C@@H](C)CO)C[C@H](C)[C@@H](CN(C)CC1CCOCC1)O2. The molecule has 0 aliphatic carbocycles. The second-order valence-corrected chi connectivity index (χ2v) is 9.42. The summed E-state index contributed by atoms with van der Waals surface area (Å²) in [7, 11) is 2.10. The first-order chi connectivity index (χ1) is 15.8. The van der Waals surface area contributed by atoms with Gasteiger partial charge in [0.2, 0.25) is 5.88 Å². The summed E-state index contributed by atoms with van der Waals surface area (Å²) in [6.07, 6.45) is 2.76. The van der Waals surface area contributed by atoms with Gasteiger partial charge in [-0.3, -0.25) is 4.79 Å². The minimum absolute atomic E-state index is 0.0461. The monoisotopic (exact) mass is 459 g/mol. The number of carbonyl (C=O) groups excluding carboxylic acids is 1. The van der Waals surface area contributed by atoms with Crippen molar-refractivity contribution in [1.29, 1.82) is 0 Å². The molecule has 0 bridgehead atoms. The summed E-state index contributed by atoms with van der Waals surface area (Å²) in [5.41, 5.74) is 0.863. The lowest BCUT2D eigenvalue weighted by Crippen LogP contribution is -2.50. The maximum Gasteiger partial charge on any atom is 0.259 e. The van der Waals surface area contributed by atoms with Crippen LogP contribution in [0.25, 0.3) is 0 Å². The normalized spacial score (nSPS) is 23.6. The molecule has 3 rings (SSSR count). The third kappa shape index (κ3) is 6.90. The van der Waals surface area contributed by atoms with Gasteiger partial charge >= 0.3 is 0 Å². The van der Waals surface area contributed by atoms with E-state index in [2.05, 4.69) is 35.7 Å². The molecule has 0 radical (unpaired) electrons. The molecule has 2 aliphatic rings. The van der Waals surface area contributed by atoms with E-state index in [9.17, 15) is 15.0 Å². The number of fused-ring (bicyclic) bond motifs is 1. The quantitative estimate of drug-likeness (QED) is 0.621. The van der Waals surface area contributed by atoms with Crippen molar-refractivity contribution in [2.75, 3.05) is 46.5 Å². The fourth-order valence-electron chi connectivity index (χ4n) is 4.33. The van der Waals surface area contributed by atoms with Gasteiger partial charge in [-0.1, -0.05) is 18.8 Å². The Morgan fingerprint density at radius 3 is 2.70 bits per heavy atom. The number of hydrogen-bond donors (Lipinski definition) is 2. The molecule has 1 saturated heterocycles. The number of pyridine rings is 1. The van der Waals surface area contributed by atoms with Crippen LogP contribution in [0.3, 0.4) is 0 Å². The highest BCUT2D eigenvalue weighted by molar-refractivity contribution is 5.97. The maximum atomic E-state index is 13.4. The van der Waals surface area contributed by atoms with Crippen molar-refractivity contribution in [3.63, 3.8) is 0 Å². The smallest absolute Gasteiger partial charge is 0.259 e. The van der Waals surface area contributed by atoms with E-state index in [1.807, 2.05) is 6.92 Å². The molecule has 8 nitrogen and oxygen atoms in total. The highest BCUT2D eigenvalue weighted by Gasteiger charge is 2.34. The molecule has 1 aromatic rings. The zero-order chi connectivity index (χ0) is 24.0. The van der Waals surface area contributed by atoms with E-state index in [1.165, 1.54) is 0 Å². The zero-order valence-corrected chi connectivity index (χ0v) is 20.2. The Labute approximate surface area is 196 Å². The number of ether oxygens (including phenoxy) is 2. The van der Waals surface area contributed by atoms with Gasteiger partial charge in [-0.05, 0) is 45.7 Å². The first-order valence-electron chi connectivity index (χ1n) is 11.8. The summed E-state index contributed by atoms with van der Waals surface area (Å²) in [4.78, 5) is 21.8. The van der Waals surface area contributed by atoms with Gasteiger partial charge in [-0.15, -0.1) is 0 Å². The number of nitrogens with zero attached hydrogens (tertiary/aromatic N) is 3.